The first-order chi connectivity index (χ1) is 9.01. The molecule has 3 atom stereocenters. The maximum Gasteiger partial charge on any atom is 0.192 e. The first kappa shape index (κ1) is 13.3. The highest BCUT2D eigenvalue weighted by Crippen LogP contribution is 2.31. The van der Waals surface area contributed by atoms with Gasteiger partial charge in [-0.15, -0.1) is 0 Å². The topological polar surface area (TPSA) is 163 Å². The Hall–Kier alpha value is -2.10. The molecule has 0 aromatic carbocycles. The number of hydrogen-bond acceptors (Lipinski definition) is 7. The highest BCUT2D eigenvalue weighted by atomic mass is 16.4. The van der Waals surface area contributed by atoms with Crippen LogP contribution in [-0.4, -0.2) is 54.7 Å². The Morgan fingerprint density at radius 3 is 2.68 bits per heavy atom. The molecular weight excluding hydrogens is 254 g/mol. The molecule has 0 saturated carbocycles. The van der Waals surface area contributed by atoms with Crippen LogP contribution >= 0.6 is 0 Å². The summed E-state index contributed by atoms with van der Waals surface area (Å²) < 4.78 is 1.38. The van der Waals surface area contributed by atoms with Gasteiger partial charge in [0.15, 0.2) is 11.5 Å². The van der Waals surface area contributed by atoms with Crippen molar-refractivity contribution in [1.29, 1.82) is 0 Å². The third kappa shape index (κ3) is 2.03. The molecule has 2 rings (SSSR count). The third-order valence-electron chi connectivity index (χ3n) is 3.12. The van der Waals surface area contributed by atoms with Crippen LogP contribution in [0.2, 0.25) is 0 Å². The van der Waals surface area contributed by atoms with E-state index < -0.39 is 18.2 Å². The zero-order valence-electron chi connectivity index (χ0n) is 9.88. The van der Waals surface area contributed by atoms with Crippen LogP contribution in [0.1, 0.15) is 11.7 Å². The average molecular weight is 269 g/mol. The molecule has 9 nitrogen and oxygen atoms in total. The van der Waals surface area contributed by atoms with Gasteiger partial charge in [-0.3, -0.25) is 0 Å². The van der Waals surface area contributed by atoms with Crippen LogP contribution in [-0.2, 0) is 0 Å². The monoisotopic (exact) mass is 269 g/mol. The predicted molar refractivity (Wildman–Crippen MR) is 65.4 cm³/mol. The minimum atomic E-state index is -1.16. The van der Waals surface area contributed by atoms with Crippen LogP contribution in [0.15, 0.2) is 23.1 Å². The Kier molecular flexibility index (Phi) is 3.42. The molecule has 0 aliphatic heterocycles. The average Bonchev–Trinajstić information content (AvgIpc) is 2.91. The van der Waals surface area contributed by atoms with Gasteiger partial charge in [0.1, 0.15) is 18.0 Å². The van der Waals surface area contributed by atoms with Gasteiger partial charge in [-0.2, -0.15) is 0 Å². The first-order valence-electron chi connectivity index (χ1n) is 5.49. The second-order valence-corrected chi connectivity index (χ2v) is 4.20. The van der Waals surface area contributed by atoms with Gasteiger partial charge >= 0.3 is 0 Å². The number of nitrogen functional groups attached to an aromatic ring is 1. The van der Waals surface area contributed by atoms with Crippen molar-refractivity contribution in [2.24, 2.45) is 10.9 Å². The van der Waals surface area contributed by atoms with E-state index >= 15 is 0 Å². The molecule has 104 valence electrons. The lowest BCUT2D eigenvalue weighted by Crippen LogP contribution is -2.30. The maximum absolute atomic E-state index is 9.91. The summed E-state index contributed by atoms with van der Waals surface area (Å²) in [6.45, 7) is -0.365. The van der Waals surface area contributed by atoms with Crippen LogP contribution < -0.4 is 11.5 Å². The Bertz CT molecular complexity index is 538. The lowest BCUT2D eigenvalue weighted by atomic mass is 10.1. The molecule has 1 aliphatic rings. The summed E-state index contributed by atoms with van der Waals surface area (Å²) in [5, 5.41) is 40.0. The van der Waals surface area contributed by atoms with E-state index in [1.807, 2.05) is 0 Å². The molecule has 1 aromatic heterocycles. The SMILES string of the molecule is NC(=NO)c1ncn(C2C=C(CO)C(O)C2O)c1N. The summed E-state index contributed by atoms with van der Waals surface area (Å²) in [6.07, 6.45) is 0.492. The minimum absolute atomic E-state index is 0.0787. The summed E-state index contributed by atoms with van der Waals surface area (Å²) in [6, 6.07) is -0.676. The zero-order valence-corrected chi connectivity index (χ0v) is 9.88. The van der Waals surface area contributed by atoms with E-state index in [0.717, 1.165) is 0 Å². The minimum Gasteiger partial charge on any atom is -0.409 e. The standard InChI is InChI=1S/C10H15N5O4/c11-9(14-19)6-10(12)15(3-13-6)5-1-4(2-16)7(17)8(5)18/h1,3,5,7-8,16-19H,2,12H2,(H2,11,14). The smallest absolute Gasteiger partial charge is 0.192 e. The summed E-state index contributed by atoms with van der Waals surface area (Å²) in [5.41, 5.74) is 11.6. The Morgan fingerprint density at radius 2 is 2.16 bits per heavy atom. The van der Waals surface area contributed by atoms with Gasteiger partial charge in [-0.25, -0.2) is 4.98 Å². The van der Waals surface area contributed by atoms with E-state index in [-0.39, 0.29) is 24.0 Å². The van der Waals surface area contributed by atoms with Crippen molar-refractivity contribution in [3.63, 3.8) is 0 Å². The van der Waals surface area contributed by atoms with E-state index in [1.165, 1.54) is 17.0 Å². The summed E-state index contributed by atoms with van der Waals surface area (Å²) >= 11 is 0. The van der Waals surface area contributed by atoms with E-state index in [4.69, 9.17) is 21.8 Å². The number of aromatic nitrogens is 2. The number of rotatable bonds is 3. The quantitative estimate of drug-likeness (QED) is 0.119. The molecule has 0 spiro atoms. The van der Waals surface area contributed by atoms with Crippen molar-refractivity contribution in [3.05, 3.63) is 23.7 Å². The van der Waals surface area contributed by atoms with Crippen molar-refractivity contribution in [2.75, 3.05) is 12.3 Å². The van der Waals surface area contributed by atoms with Crippen molar-refractivity contribution in [1.82, 2.24) is 9.55 Å². The fraction of sp³-hybridized carbons (Fsp3) is 0.400. The van der Waals surface area contributed by atoms with Gasteiger partial charge in [0.25, 0.3) is 0 Å². The summed E-state index contributed by atoms with van der Waals surface area (Å²) in [4.78, 5) is 3.88. The van der Waals surface area contributed by atoms with Gasteiger partial charge in [-0.05, 0) is 5.57 Å². The zero-order chi connectivity index (χ0) is 14.2. The van der Waals surface area contributed by atoms with Gasteiger partial charge < -0.3 is 36.6 Å². The molecule has 1 aliphatic carbocycles. The molecule has 1 aromatic rings. The lowest BCUT2D eigenvalue weighted by molar-refractivity contribution is 0.0285. The van der Waals surface area contributed by atoms with Gasteiger partial charge in [0, 0.05) is 0 Å². The number of imidazole rings is 1. The van der Waals surface area contributed by atoms with Crippen LogP contribution in [0.4, 0.5) is 5.82 Å². The number of aliphatic hydroxyl groups is 3. The van der Waals surface area contributed by atoms with E-state index in [1.54, 1.807) is 0 Å². The first-order valence-corrected chi connectivity index (χ1v) is 5.49. The molecule has 0 bridgehead atoms. The van der Waals surface area contributed by atoms with E-state index in [0.29, 0.717) is 5.57 Å². The fourth-order valence-corrected chi connectivity index (χ4v) is 2.07. The third-order valence-corrected chi connectivity index (χ3v) is 3.12. The largest absolute Gasteiger partial charge is 0.409 e. The van der Waals surface area contributed by atoms with Crippen LogP contribution in [0.3, 0.4) is 0 Å². The molecule has 8 N–H and O–H groups in total. The number of nitrogens with zero attached hydrogens (tertiary/aromatic N) is 3. The highest BCUT2D eigenvalue weighted by molar-refractivity contribution is 5.99. The Morgan fingerprint density at radius 1 is 1.47 bits per heavy atom. The Balaban J connectivity index is 2.39. The fourth-order valence-electron chi connectivity index (χ4n) is 2.07. The molecule has 0 radical (unpaired) electrons. The van der Waals surface area contributed by atoms with Gasteiger partial charge in [-0.1, -0.05) is 11.2 Å². The summed E-state index contributed by atoms with van der Waals surface area (Å²) in [5.74, 6) is -0.169. The molecule has 19 heavy (non-hydrogen) atoms. The van der Waals surface area contributed by atoms with Crippen molar-refractivity contribution < 1.29 is 20.5 Å². The van der Waals surface area contributed by atoms with Gasteiger partial charge in [0.2, 0.25) is 0 Å². The molecule has 0 saturated heterocycles. The number of nitrogens with two attached hydrogens (primary N) is 2. The molecule has 0 fully saturated rings. The van der Waals surface area contributed by atoms with Crippen LogP contribution in [0, 0.1) is 0 Å². The predicted octanol–water partition coefficient (Wildman–Crippen LogP) is -2.24. The maximum atomic E-state index is 9.91. The number of hydrogen-bond donors (Lipinski definition) is 6. The number of oxime groups is 1. The van der Waals surface area contributed by atoms with Crippen molar-refractivity contribution in [3.8, 4) is 0 Å². The number of aliphatic hydroxyl groups excluding tert-OH is 3. The second kappa shape index (κ2) is 4.88. The molecule has 1 heterocycles. The number of amidine groups is 1. The molecule has 9 heteroatoms. The summed E-state index contributed by atoms with van der Waals surface area (Å²) in [7, 11) is 0. The number of anilines is 1. The second-order valence-electron chi connectivity index (χ2n) is 4.20. The van der Waals surface area contributed by atoms with Crippen molar-refractivity contribution in [2.45, 2.75) is 18.2 Å². The lowest BCUT2D eigenvalue weighted by Gasteiger charge is -2.19. The molecule has 0 amide bonds. The highest BCUT2D eigenvalue weighted by Gasteiger charge is 2.36. The molecular formula is C10H15N5O4. The van der Waals surface area contributed by atoms with E-state index in [2.05, 4.69) is 10.1 Å². The van der Waals surface area contributed by atoms with E-state index in [9.17, 15) is 10.2 Å². The Labute approximate surface area is 108 Å². The molecule has 3 unspecified atom stereocenters. The van der Waals surface area contributed by atoms with Crippen LogP contribution in [0.5, 0.6) is 0 Å². The van der Waals surface area contributed by atoms with Crippen LogP contribution in [0.25, 0.3) is 0 Å². The van der Waals surface area contributed by atoms with Gasteiger partial charge in [0.05, 0.1) is 19.0 Å². The van der Waals surface area contributed by atoms with Crippen molar-refractivity contribution >= 4 is 11.7 Å². The normalized spacial score (nSPS) is 27.6.